The highest BCUT2D eigenvalue weighted by molar-refractivity contribution is 5.96. The molecule has 1 heterocycles. The van der Waals surface area contributed by atoms with E-state index in [0.29, 0.717) is 17.1 Å². The summed E-state index contributed by atoms with van der Waals surface area (Å²) in [5.41, 5.74) is 6.86. The van der Waals surface area contributed by atoms with Gasteiger partial charge in [0.25, 0.3) is 5.91 Å². The number of anilines is 2. The van der Waals surface area contributed by atoms with Crippen LogP contribution in [-0.2, 0) is 16.1 Å². The van der Waals surface area contributed by atoms with Crippen LogP contribution in [0.1, 0.15) is 12.7 Å². The van der Waals surface area contributed by atoms with E-state index in [1.165, 1.54) is 0 Å². The first-order valence-electron chi connectivity index (χ1n) is 5.96. The van der Waals surface area contributed by atoms with Crippen molar-refractivity contribution < 1.29 is 13.9 Å². The molecule has 2 aromatic rings. The molecule has 1 aromatic carbocycles. The Morgan fingerprint density at radius 1 is 1.37 bits per heavy atom. The van der Waals surface area contributed by atoms with E-state index in [0.717, 1.165) is 0 Å². The quantitative estimate of drug-likeness (QED) is 0.809. The number of rotatable bonds is 5. The molecule has 0 fully saturated rings. The van der Waals surface area contributed by atoms with Crippen molar-refractivity contribution in [3.63, 3.8) is 0 Å². The molecule has 5 heteroatoms. The Balaban J connectivity index is 1.87. The van der Waals surface area contributed by atoms with Crippen LogP contribution in [0.5, 0.6) is 0 Å². The summed E-state index contributed by atoms with van der Waals surface area (Å²) in [6, 6.07) is 10.6. The Morgan fingerprint density at radius 3 is 2.84 bits per heavy atom. The molecule has 0 spiro atoms. The third-order valence-corrected chi connectivity index (χ3v) is 2.64. The van der Waals surface area contributed by atoms with Crippen molar-refractivity contribution in [1.29, 1.82) is 0 Å². The summed E-state index contributed by atoms with van der Waals surface area (Å²) in [5.74, 6) is 0.434. The van der Waals surface area contributed by atoms with Gasteiger partial charge in [-0.25, -0.2) is 0 Å². The molecule has 0 aliphatic carbocycles. The minimum absolute atomic E-state index is 0.246. The summed E-state index contributed by atoms with van der Waals surface area (Å²) in [5, 5.41) is 2.72. The first kappa shape index (κ1) is 13.2. The average Bonchev–Trinajstić information content (AvgIpc) is 2.91. The van der Waals surface area contributed by atoms with E-state index in [1.807, 2.05) is 6.07 Å². The maximum absolute atomic E-state index is 11.9. The molecular weight excluding hydrogens is 244 g/mol. The maximum Gasteiger partial charge on any atom is 0.253 e. The molecule has 0 aliphatic heterocycles. The minimum atomic E-state index is -0.593. The average molecular weight is 260 g/mol. The van der Waals surface area contributed by atoms with Crippen LogP contribution in [0.3, 0.4) is 0 Å². The standard InChI is InChI=1S/C14H16N2O3/c1-10(19-9-11-5-4-8-18-11)14(17)16-13-7-3-2-6-12(13)15/h2-8,10H,9,15H2,1H3,(H,16,17). The van der Waals surface area contributed by atoms with Crippen molar-refractivity contribution in [2.45, 2.75) is 19.6 Å². The van der Waals surface area contributed by atoms with Gasteiger partial charge in [0.1, 0.15) is 18.5 Å². The number of furan rings is 1. The number of nitrogens with two attached hydrogens (primary N) is 1. The lowest BCUT2D eigenvalue weighted by Gasteiger charge is -2.13. The molecule has 100 valence electrons. The van der Waals surface area contributed by atoms with Gasteiger partial charge in [0, 0.05) is 0 Å². The van der Waals surface area contributed by atoms with Crippen LogP contribution in [0.15, 0.2) is 47.1 Å². The summed E-state index contributed by atoms with van der Waals surface area (Å²) in [4.78, 5) is 11.9. The van der Waals surface area contributed by atoms with Crippen molar-refractivity contribution in [1.82, 2.24) is 0 Å². The fourth-order valence-electron chi connectivity index (χ4n) is 1.52. The Hall–Kier alpha value is -2.27. The normalized spacial score (nSPS) is 12.1. The predicted octanol–water partition coefficient (Wildman–Crippen LogP) is 2.41. The number of carbonyl (C=O) groups is 1. The van der Waals surface area contributed by atoms with E-state index in [4.69, 9.17) is 14.9 Å². The summed E-state index contributed by atoms with van der Waals surface area (Å²) in [6.07, 6.45) is 0.971. The van der Waals surface area contributed by atoms with E-state index in [-0.39, 0.29) is 12.5 Å². The lowest BCUT2D eigenvalue weighted by molar-refractivity contribution is -0.127. The highest BCUT2D eigenvalue weighted by Crippen LogP contribution is 2.17. The zero-order valence-corrected chi connectivity index (χ0v) is 10.6. The predicted molar refractivity (Wildman–Crippen MR) is 72.4 cm³/mol. The number of para-hydroxylation sites is 2. The Labute approximate surface area is 111 Å². The number of hydrogen-bond acceptors (Lipinski definition) is 4. The lowest BCUT2D eigenvalue weighted by Crippen LogP contribution is -2.27. The van der Waals surface area contributed by atoms with Crippen molar-refractivity contribution in [2.75, 3.05) is 11.1 Å². The highest BCUT2D eigenvalue weighted by Gasteiger charge is 2.15. The Bertz CT molecular complexity index is 537. The zero-order valence-electron chi connectivity index (χ0n) is 10.6. The monoisotopic (exact) mass is 260 g/mol. The van der Waals surface area contributed by atoms with E-state index < -0.39 is 6.10 Å². The lowest BCUT2D eigenvalue weighted by atomic mass is 10.2. The SMILES string of the molecule is CC(OCc1ccco1)C(=O)Nc1ccccc1N. The van der Waals surface area contributed by atoms with Crippen molar-refractivity contribution in [3.8, 4) is 0 Å². The van der Waals surface area contributed by atoms with Gasteiger partial charge in [-0.1, -0.05) is 12.1 Å². The smallest absolute Gasteiger partial charge is 0.253 e. The largest absolute Gasteiger partial charge is 0.467 e. The van der Waals surface area contributed by atoms with E-state index >= 15 is 0 Å². The molecule has 3 N–H and O–H groups in total. The van der Waals surface area contributed by atoms with Gasteiger partial charge in [-0.05, 0) is 31.2 Å². The number of amides is 1. The number of nitrogen functional groups attached to an aromatic ring is 1. The summed E-state index contributed by atoms with van der Waals surface area (Å²) in [6.45, 7) is 1.93. The Kier molecular flexibility index (Phi) is 4.20. The molecule has 1 atom stereocenters. The molecule has 0 saturated carbocycles. The molecule has 2 rings (SSSR count). The summed E-state index contributed by atoms with van der Waals surface area (Å²) in [7, 11) is 0. The molecule has 0 aliphatic rings. The van der Waals surface area contributed by atoms with Crippen molar-refractivity contribution in [3.05, 3.63) is 48.4 Å². The van der Waals surface area contributed by atoms with Gasteiger partial charge in [0.05, 0.1) is 17.6 Å². The van der Waals surface area contributed by atoms with Crippen LogP contribution in [0.4, 0.5) is 11.4 Å². The molecular formula is C14H16N2O3. The van der Waals surface area contributed by atoms with E-state index in [1.54, 1.807) is 43.5 Å². The number of carbonyl (C=O) groups excluding carboxylic acids is 1. The molecule has 1 amide bonds. The van der Waals surface area contributed by atoms with E-state index in [2.05, 4.69) is 5.32 Å². The molecule has 19 heavy (non-hydrogen) atoms. The van der Waals surface area contributed by atoms with Gasteiger partial charge in [0.2, 0.25) is 0 Å². The topological polar surface area (TPSA) is 77.5 Å². The molecule has 0 saturated heterocycles. The number of nitrogens with one attached hydrogen (secondary N) is 1. The third-order valence-electron chi connectivity index (χ3n) is 2.64. The van der Waals surface area contributed by atoms with Crippen molar-refractivity contribution >= 4 is 17.3 Å². The molecule has 1 aromatic heterocycles. The zero-order chi connectivity index (χ0) is 13.7. The second-order valence-corrected chi connectivity index (χ2v) is 4.11. The number of benzene rings is 1. The van der Waals surface area contributed by atoms with Crippen LogP contribution >= 0.6 is 0 Å². The highest BCUT2D eigenvalue weighted by atomic mass is 16.5. The minimum Gasteiger partial charge on any atom is -0.467 e. The van der Waals surface area contributed by atoms with Crippen LogP contribution in [-0.4, -0.2) is 12.0 Å². The number of hydrogen-bond donors (Lipinski definition) is 2. The fraction of sp³-hybridized carbons (Fsp3) is 0.214. The fourth-order valence-corrected chi connectivity index (χ4v) is 1.52. The van der Waals surface area contributed by atoms with Gasteiger partial charge < -0.3 is 20.2 Å². The molecule has 1 unspecified atom stereocenters. The van der Waals surface area contributed by atoms with Gasteiger partial charge in [-0.15, -0.1) is 0 Å². The van der Waals surface area contributed by atoms with Crippen LogP contribution in [0.25, 0.3) is 0 Å². The number of ether oxygens (including phenoxy) is 1. The third kappa shape index (κ3) is 3.59. The second kappa shape index (κ2) is 6.06. The van der Waals surface area contributed by atoms with Gasteiger partial charge in [-0.2, -0.15) is 0 Å². The first-order valence-corrected chi connectivity index (χ1v) is 5.96. The van der Waals surface area contributed by atoms with Crippen LogP contribution < -0.4 is 11.1 Å². The first-order chi connectivity index (χ1) is 9.16. The molecule has 5 nitrogen and oxygen atoms in total. The van der Waals surface area contributed by atoms with Crippen molar-refractivity contribution in [2.24, 2.45) is 0 Å². The van der Waals surface area contributed by atoms with Gasteiger partial charge >= 0.3 is 0 Å². The second-order valence-electron chi connectivity index (χ2n) is 4.11. The molecule has 0 radical (unpaired) electrons. The maximum atomic E-state index is 11.9. The van der Waals surface area contributed by atoms with E-state index in [9.17, 15) is 4.79 Å². The van der Waals surface area contributed by atoms with Crippen LogP contribution in [0.2, 0.25) is 0 Å². The Morgan fingerprint density at radius 2 is 2.16 bits per heavy atom. The van der Waals surface area contributed by atoms with Gasteiger partial charge in [-0.3, -0.25) is 4.79 Å². The molecule has 0 bridgehead atoms. The van der Waals surface area contributed by atoms with Gasteiger partial charge in [0.15, 0.2) is 0 Å². The summed E-state index contributed by atoms with van der Waals surface area (Å²) >= 11 is 0. The summed E-state index contributed by atoms with van der Waals surface area (Å²) < 4.78 is 10.5. The van der Waals surface area contributed by atoms with Crippen LogP contribution in [0, 0.1) is 0 Å².